The van der Waals surface area contributed by atoms with Crippen LogP contribution in [0.2, 0.25) is 0 Å². The van der Waals surface area contributed by atoms with Crippen LogP contribution in [-0.4, -0.2) is 58.2 Å². The standard InChI is InChI=1S/C26H34N2O5S2/c1-18(2)15-28(35-21-9-10-24-25(14-21)33-17-32-24)16-23(30)22(13-20-7-5-4-6-8-20)27-26(31)11-12-34-19(3)29/h4-10,14,18,22-23,30H,11-13,15-17H2,1-3H3,(H,27,31)/t22-,23+/m0/s1. The zero-order chi connectivity index (χ0) is 25.2. The van der Waals surface area contributed by atoms with E-state index in [0.717, 1.165) is 40.3 Å². The highest BCUT2D eigenvalue weighted by Gasteiger charge is 2.25. The number of thioether (sulfide) groups is 1. The molecular weight excluding hydrogens is 484 g/mol. The predicted octanol–water partition coefficient (Wildman–Crippen LogP) is 4.14. The molecule has 0 fully saturated rings. The van der Waals surface area contributed by atoms with Gasteiger partial charge in [0.25, 0.3) is 0 Å². The van der Waals surface area contributed by atoms with Crippen molar-refractivity contribution in [2.45, 2.75) is 50.7 Å². The van der Waals surface area contributed by atoms with Gasteiger partial charge in [-0.3, -0.25) is 9.59 Å². The maximum absolute atomic E-state index is 12.6. The summed E-state index contributed by atoms with van der Waals surface area (Å²) in [6, 6.07) is 15.2. The van der Waals surface area contributed by atoms with E-state index in [4.69, 9.17) is 9.47 Å². The van der Waals surface area contributed by atoms with Crippen LogP contribution >= 0.6 is 23.7 Å². The Morgan fingerprint density at radius 1 is 1.09 bits per heavy atom. The number of benzene rings is 2. The van der Waals surface area contributed by atoms with Gasteiger partial charge in [0.15, 0.2) is 16.6 Å². The molecule has 0 spiro atoms. The number of nitrogens with one attached hydrogen (secondary N) is 1. The minimum atomic E-state index is -0.792. The normalized spacial score (nSPS) is 14.2. The largest absolute Gasteiger partial charge is 0.454 e. The lowest BCUT2D eigenvalue weighted by molar-refractivity contribution is -0.122. The fourth-order valence-electron chi connectivity index (χ4n) is 3.69. The van der Waals surface area contributed by atoms with Crippen molar-refractivity contribution >= 4 is 34.7 Å². The van der Waals surface area contributed by atoms with Gasteiger partial charge in [0, 0.05) is 37.1 Å². The third kappa shape index (κ3) is 9.40. The average molecular weight is 519 g/mol. The summed E-state index contributed by atoms with van der Waals surface area (Å²) in [7, 11) is 0. The van der Waals surface area contributed by atoms with Gasteiger partial charge in [-0.2, -0.15) is 0 Å². The molecule has 0 saturated carbocycles. The van der Waals surface area contributed by atoms with Crippen molar-refractivity contribution < 1.29 is 24.2 Å². The third-order valence-corrected chi connectivity index (χ3v) is 7.12. The van der Waals surface area contributed by atoms with E-state index in [9.17, 15) is 14.7 Å². The molecule has 9 heteroatoms. The van der Waals surface area contributed by atoms with Crippen LogP contribution in [0.1, 0.15) is 32.8 Å². The van der Waals surface area contributed by atoms with Gasteiger partial charge in [-0.05, 0) is 48.0 Å². The van der Waals surface area contributed by atoms with Crippen molar-refractivity contribution in [3.8, 4) is 11.5 Å². The quantitative estimate of drug-likeness (QED) is 0.383. The summed E-state index contributed by atoms with van der Waals surface area (Å²) >= 11 is 2.69. The van der Waals surface area contributed by atoms with Crippen LogP contribution < -0.4 is 14.8 Å². The molecular formula is C26H34N2O5S2. The van der Waals surface area contributed by atoms with Crippen molar-refractivity contribution in [2.24, 2.45) is 5.92 Å². The topological polar surface area (TPSA) is 88.1 Å². The Bertz CT molecular complexity index is 973. The van der Waals surface area contributed by atoms with Crippen molar-refractivity contribution in [1.29, 1.82) is 0 Å². The van der Waals surface area contributed by atoms with Crippen LogP contribution in [0.3, 0.4) is 0 Å². The first kappa shape index (κ1) is 27.4. The van der Waals surface area contributed by atoms with Crippen LogP contribution in [-0.2, 0) is 16.0 Å². The van der Waals surface area contributed by atoms with Crippen LogP contribution in [0, 0.1) is 5.92 Å². The summed E-state index contributed by atoms with van der Waals surface area (Å²) in [5.74, 6) is 2.09. The number of nitrogens with zero attached hydrogens (tertiary/aromatic N) is 1. The van der Waals surface area contributed by atoms with Crippen molar-refractivity contribution in [3.05, 3.63) is 54.1 Å². The molecule has 0 unspecified atom stereocenters. The monoisotopic (exact) mass is 518 g/mol. The number of ether oxygens (including phenoxy) is 2. The van der Waals surface area contributed by atoms with Crippen LogP contribution in [0.4, 0.5) is 0 Å². The third-order valence-electron chi connectivity index (χ3n) is 5.28. The second-order valence-corrected chi connectivity index (χ2v) is 11.3. The lowest BCUT2D eigenvalue weighted by Gasteiger charge is -2.30. The molecule has 3 rings (SSSR count). The lowest BCUT2D eigenvalue weighted by Crippen LogP contribution is -2.49. The van der Waals surface area contributed by atoms with Gasteiger partial charge in [0.1, 0.15) is 0 Å². The summed E-state index contributed by atoms with van der Waals surface area (Å²) in [5, 5.41) is 14.3. The van der Waals surface area contributed by atoms with Crippen molar-refractivity contribution in [1.82, 2.24) is 9.62 Å². The number of aliphatic hydroxyl groups excluding tert-OH is 1. The van der Waals surface area contributed by atoms with Gasteiger partial charge in [0.05, 0.1) is 12.1 Å². The minimum Gasteiger partial charge on any atom is -0.454 e. The Morgan fingerprint density at radius 2 is 1.83 bits per heavy atom. The zero-order valence-corrected chi connectivity index (χ0v) is 22.1. The Hall–Kier alpha value is -2.20. The van der Waals surface area contributed by atoms with E-state index in [2.05, 4.69) is 23.5 Å². The maximum Gasteiger partial charge on any atom is 0.231 e. The highest BCUT2D eigenvalue weighted by atomic mass is 32.2. The Kier molecular flexibility index (Phi) is 10.8. The number of hydrogen-bond acceptors (Lipinski definition) is 8. The van der Waals surface area contributed by atoms with Gasteiger partial charge in [-0.25, -0.2) is 4.31 Å². The van der Waals surface area contributed by atoms with E-state index in [1.165, 1.54) is 6.92 Å². The molecule has 1 heterocycles. The van der Waals surface area contributed by atoms with Crippen LogP contribution in [0.25, 0.3) is 0 Å². The molecule has 35 heavy (non-hydrogen) atoms. The van der Waals surface area contributed by atoms with Gasteiger partial charge >= 0.3 is 0 Å². The molecule has 2 N–H and O–H groups in total. The van der Waals surface area contributed by atoms with Crippen molar-refractivity contribution in [2.75, 3.05) is 25.6 Å². The maximum atomic E-state index is 12.6. The summed E-state index contributed by atoms with van der Waals surface area (Å²) in [6.07, 6.45) is -0.0540. The number of fused-ring (bicyclic) bond motifs is 1. The number of rotatable bonds is 13. The fourth-order valence-corrected chi connectivity index (χ4v) is 5.45. The summed E-state index contributed by atoms with van der Waals surface area (Å²) in [4.78, 5) is 24.8. The Balaban J connectivity index is 1.69. The molecule has 7 nitrogen and oxygen atoms in total. The zero-order valence-electron chi connectivity index (χ0n) is 20.4. The number of carbonyl (C=O) groups is 2. The van der Waals surface area contributed by atoms with Crippen LogP contribution in [0.5, 0.6) is 11.5 Å². The van der Waals surface area contributed by atoms with E-state index in [0.29, 0.717) is 24.6 Å². The fraction of sp³-hybridized carbons (Fsp3) is 0.462. The number of carbonyl (C=O) groups excluding carboxylic acids is 2. The van der Waals surface area contributed by atoms with Gasteiger partial charge < -0.3 is 19.9 Å². The number of amides is 1. The highest BCUT2D eigenvalue weighted by molar-refractivity contribution is 8.13. The van der Waals surface area contributed by atoms with Gasteiger partial charge in [-0.15, -0.1) is 0 Å². The SMILES string of the molecule is CC(=O)SCCC(=O)N[C@@H](Cc1ccccc1)[C@H](O)CN(CC(C)C)Sc1ccc2c(c1)OCO2. The van der Waals surface area contributed by atoms with E-state index < -0.39 is 12.1 Å². The molecule has 1 amide bonds. The second-order valence-electron chi connectivity index (χ2n) is 8.87. The van der Waals surface area contributed by atoms with Gasteiger partial charge in [-0.1, -0.05) is 55.9 Å². The predicted molar refractivity (Wildman–Crippen MR) is 141 cm³/mol. The van der Waals surface area contributed by atoms with E-state index in [-0.39, 0.29) is 24.2 Å². The van der Waals surface area contributed by atoms with Crippen molar-refractivity contribution in [3.63, 3.8) is 0 Å². The minimum absolute atomic E-state index is 0.0106. The number of aliphatic hydroxyl groups is 1. The molecule has 2 atom stereocenters. The van der Waals surface area contributed by atoms with E-state index in [1.54, 1.807) is 11.9 Å². The molecule has 1 aliphatic heterocycles. The van der Waals surface area contributed by atoms with E-state index >= 15 is 0 Å². The smallest absolute Gasteiger partial charge is 0.231 e. The molecule has 0 bridgehead atoms. The Morgan fingerprint density at radius 3 is 2.54 bits per heavy atom. The molecule has 0 aromatic heterocycles. The first-order valence-electron chi connectivity index (χ1n) is 11.8. The molecule has 0 aliphatic carbocycles. The number of hydrogen-bond donors (Lipinski definition) is 2. The summed E-state index contributed by atoms with van der Waals surface area (Å²) < 4.78 is 13.0. The second kappa shape index (κ2) is 13.8. The lowest BCUT2D eigenvalue weighted by atomic mass is 10.0. The van der Waals surface area contributed by atoms with Crippen LogP contribution in [0.15, 0.2) is 53.4 Å². The Labute approximate surface area is 216 Å². The average Bonchev–Trinajstić information content (AvgIpc) is 3.26. The first-order chi connectivity index (χ1) is 16.8. The first-order valence-corrected chi connectivity index (χ1v) is 13.5. The highest BCUT2D eigenvalue weighted by Crippen LogP contribution is 2.36. The molecule has 1 aliphatic rings. The van der Waals surface area contributed by atoms with Gasteiger partial charge in [0.2, 0.25) is 12.7 Å². The molecule has 190 valence electrons. The summed E-state index contributed by atoms with van der Waals surface area (Å²) in [5.41, 5.74) is 1.04. The summed E-state index contributed by atoms with van der Waals surface area (Å²) in [6.45, 7) is 7.12. The molecule has 2 aromatic carbocycles. The van der Waals surface area contributed by atoms with E-state index in [1.807, 2.05) is 48.5 Å². The molecule has 2 aromatic rings. The molecule has 0 radical (unpaired) electrons. The molecule has 0 saturated heterocycles.